The fraction of sp³-hybridized carbons (Fsp3) is 0.387. The first-order chi connectivity index (χ1) is 18.3. The van der Waals surface area contributed by atoms with Gasteiger partial charge in [-0.05, 0) is 77.9 Å². The van der Waals surface area contributed by atoms with Crippen LogP contribution in [0.1, 0.15) is 60.0 Å². The van der Waals surface area contributed by atoms with Crippen LogP contribution >= 0.6 is 0 Å². The van der Waals surface area contributed by atoms with Gasteiger partial charge in [0, 0.05) is 13.1 Å². The molecule has 6 nitrogen and oxygen atoms in total. The summed E-state index contributed by atoms with van der Waals surface area (Å²) in [5.74, 6) is 0.732. The second-order valence-electron chi connectivity index (χ2n) is 9.99. The maximum atomic E-state index is 13.9. The number of sulfonamides is 1. The Kier molecular flexibility index (Phi) is 9.23. The van der Waals surface area contributed by atoms with Gasteiger partial charge in [-0.25, -0.2) is 13.2 Å². The molecule has 0 N–H and O–H groups in total. The van der Waals surface area contributed by atoms with E-state index in [1.54, 1.807) is 41.7 Å². The first-order valence-electron chi connectivity index (χ1n) is 13.2. The molecule has 7 heteroatoms. The number of rotatable bonds is 10. The van der Waals surface area contributed by atoms with Crippen LogP contribution in [-0.2, 0) is 21.3 Å². The molecule has 1 aliphatic rings. The van der Waals surface area contributed by atoms with Gasteiger partial charge in [-0.2, -0.15) is 4.31 Å². The third-order valence-electron chi connectivity index (χ3n) is 7.49. The van der Waals surface area contributed by atoms with Crippen molar-refractivity contribution in [2.24, 2.45) is 5.92 Å². The van der Waals surface area contributed by atoms with Gasteiger partial charge in [-0.3, -0.25) is 0 Å². The van der Waals surface area contributed by atoms with Gasteiger partial charge in [-0.15, -0.1) is 0 Å². The molecule has 3 aromatic rings. The van der Waals surface area contributed by atoms with E-state index in [-0.39, 0.29) is 11.4 Å². The molecule has 0 radical (unpaired) electrons. The van der Waals surface area contributed by atoms with Crippen LogP contribution < -0.4 is 4.74 Å². The summed E-state index contributed by atoms with van der Waals surface area (Å²) in [7, 11) is -0.829. The van der Waals surface area contributed by atoms with Gasteiger partial charge in [-0.1, -0.05) is 62.4 Å². The quantitative estimate of drug-likeness (QED) is 0.273. The van der Waals surface area contributed by atoms with Crippen LogP contribution in [0.15, 0.2) is 71.6 Å². The highest BCUT2D eigenvalue weighted by atomic mass is 32.2. The van der Waals surface area contributed by atoms with Crippen molar-refractivity contribution in [3.05, 3.63) is 83.4 Å². The number of carbonyl (C=O) groups excluding carboxylic acids is 1. The van der Waals surface area contributed by atoms with E-state index < -0.39 is 16.0 Å². The lowest BCUT2D eigenvalue weighted by molar-refractivity contribution is 0.0601. The number of ether oxygens (including phenoxy) is 2. The molecule has 0 aromatic heterocycles. The molecule has 0 heterocycles. The minimum Gasteiger partial charge on any atom is -0.497 e. The Hall–Kier alpha value is -3.16. The Morgan fingerprint density at radius 1 is 0.921 bits per heavy atom. The second kappa shape index (κ2) is 12.6. The molecule has 1 saturated carbocycles. The van der Waals surface area contributed by atoms with Crippen LogP contribution in [0.2, 0.25) is 0 Å². The molecule has 202 valence electrons. The number of benzene rings is 3. The lowest BCUT2D eigenvalue weighted by Crippen LogP contribution is -2.33. The van der Waals surface area contributed by atoms with Crippen LogP contribution in [0.4, 0.5) is 0 Å². The highest BCUT2D eigenvalue weighted by Crippen LogP contribution is 2.31. The fourth-order valence-electron chi connectivity index (χ4n) is 5.26. The molecule has 0 aliphatic heterocycles. The lowest BCUT2D eigenvalue weighted by atomic mass is 9.87. The van der Waals surface area contributed by atoms with Crippen molar-refractivity contribution >= 4 is 16.0 Å². The topological polar surface area (TPSA) is 72.9 Å². The van der Waals surface area contributed by atoms with Crippen molar-refractivity contribution in [2.45, 2.75) is 56.9 Å². The average Bonchev–Trinajstić information content (AvgIpc) is 2.95. The molecule has 1 fully saturated rings. The van der Waals surface area contributed by atoms with Crippen LogP contribution in [-0.4, -0.2) is 39.5 Å². The van der Waals surface area contributed by atoms with E-state index in [9.17, 15) is 13.2 Å². The zero-order chi connectivity index (χ0) is 27.1. The Morgan fingerprint density at radius 2 is 1.63 bits per heavy atom. The molecule has 3 aromatic carbocycles. The van der Waals surface area contributed by atoms with Crippen LogP contribution in [0.25, 0.3) is 11.1 Å². The minimum atomic E-state index is -3.76. The van der Waals surface area contributed by atoms with Crippen molar-refractivity contribution in [1.29, 1.82) is 0 Å². The van der Waals surface area contributed by atoms with Crippen LogP contribution in [0.5, 0.6) is 5.75 Å². The molecule has 0 atom stereocenters. The fourth-order valence-corrected chi connectivity index (χ4v) is 6.71. The number of carbonyl (C=O) groups is 1. The standard InChI is InChI=1S/C31H37NO5S/c1-23-9-7-8-12-28(23)30-21-25(13-18-29(30)31(33)37-3)22-32(20-19-24-10-5-4-6-11-24)38(34,35)27-16-14-26(36-2)15-17-27/h7-9,12-18,21,24H,4-6,10-11,19-20,22H2,1-3H3. The largest absolute Gasteiger partial charge is 0.497 e. The van der Waals surface area contributed by atoms with Crippen molar-refractivity contribution < 1.29 is 22.7 Å². The molecule has 38 heavy (non-hydrogen) atoms. The summed E-state index contributed by atoms with van der Waals surface area (Å²) in [6.07, 6.45) is 6.83. The van der Waals surface area contributed by atoms with E-state index in [4.69, 9.17) is 9.47 Å². The summed E-state index contributed by atoms with van der Waals surface area (Å²) in [5, 5.41) is 0. The zero-order valence-corrected chi connectivity index (χ0v) is 23.3. The first kappa shape index (κ1) is 27.9. The Morgan fingerprint density at radius 3 is 2.29 bits per heavy atom. The van der Waals surface area contributed by atoms with Crippen molar-refractivity contribution in [2.75, 3.05) is 20.8 Å². The third-order valence-corrected chi connectivity index (χ3v) is 9.35. The summed E-state index contributed by atoms with van der Waals surface area (Å²) in [5.41, 5.74) is 3.95. The lowest BCUT2D eigenvalue weighted by Gasteiger charge is -2.27. The smallest absolute Gasteiger partial charge is 0.338 e. The van der Waals surface area contributed by atoms with Gasteiger partial charge in [0.1, 0.15) is 5.75 Å². The molecular formula is C31H37NO5S. The van der Waals surface area contributed by atoms with Gasteiger partial charge in [0.05, 0.1) is 24.7 Å². The van der Waals surface area contributed by atoms with E-state index in [0.717, 1.165) is 41.5 Å². The average molecular weight is 536 g/mol. The second-order valence-corrected chi connectivity index (χ2v) is 11.9. The maximum absolute atomic E-state index is 13.9. The van der Waals surface area contributed by atoms with Gasteiger partial charge < -0.3 is 9.47 Å². The van der Waals surface area contributed by atoms with Gasteiger partial charge in [0.2, 0.25) is 10.0 Å². The van der Waals surface area contributed by atoms with Crippen molar-refractivity contribution in [1.82, 2.24) is 4.31 Å². The summed E-state index contributed by atoms with van der Waals surface area (Å²) < 4.78 is 39.5. The number of hydrogen-bond acceptors (Lipinski definition) is 5. The molecule has 0 unspecified atom stereocenters. The highest BCUT2D eigenvalue weighted by Gasteiger charge is 2.27. The molecule has 0 amide bonds. The number of esters is 1. The highest BCUT2D eigenvalue weighted by molar-refractivity contribution is 7.89. The Labute approximate surface area is 226 Å². The van der Waals surface area contributed by atoms with Crippen molar-refractivity contribution in [3.63, 3.8) is 0 Å². The zero-order valence-electron chi connectivity index (χ0n) is 22.5. The molecular weight excluding hydrogens is 498 g/mol. The predicted molar refractivity (Wildman–Crippen MR) is 150 cm³/mol. The summed E-state index contributed by atoms with van der Waals surface area (Å²) in [6.45, 7) is 2.65. The molecule has 1 aliphatic carbocycles. The number of methoxy groups -OCH3 is 2. The van der Waals surface area contributed by atoms with Gasteiger partial charge in [0.15, 0.2) is 0 Å². The van der Waals surface area contributed by atoms with E-state index in [1.165, 1.54) is 26.4 Å². The summed E-state index contributed by atoms with van der Waals surface area (Å²) in [4.78, 5) is 12.8. The maximum Gasteiger partial charge on any atom is 0.338 e. The van der Waals surface area contributed by atoms with Crippen molar-refractivity contribution in [3.8, 4) is 16.9 Å². The van der Waals surface area contributed by atoms with Gasteiger partial charge in [0.25, 0.3) is 0 Å². The molecule has 0 spiro atoms. The van der Waals surface area contributed by atoms with Gasteiger partial charge >= 0.3 is 5.97 Å². The van der Waals surface area contributed by atoms with Crippen LogP contribution in [0, 0.1) is 12.8 Å². The Balaban J connectivity index is 1.70. The van der Waals surface area contributed by atoms with E-state index in [2.05, 4.69) is 0 Å². The molecule has 4 rings (SSSR count). The minimum absolute atomic E-state index is 0.210. The monoisotopic (exact) mass is 535 g/mol. The Bertz CT molecular complexity index is 1340. The van der Waals surface area contributed by atoms with Crippen LogP contribution in [0.3, 0.4) is 0 Å². The molecule has 0 bridgehead atoms. The first-order valence-corrected chi connectivity index (χ1v) is 14.7. The number of aryl methyl sites for hydroxylation is 1. The molecule has 0 saturated heterocycles. The van der Waals surface area contributed by atoms with E-state index in [1.807, 2.05) is 43.3 Å². The summed E-state index contributed by atoms with van der Waals surface area (Å²) >= 11 is 0. The van der Waals surface area contributed by atoms with E-state index >= 15 is 0 Å². The third kappa shape index (κ3) is 6.45. The number of nitrogens with zero attached hydrogens (tertiary/aromatic N) is 1. The summed E-state index contributed by atoms with van der Waals surface area (Å²) in [6, 6.07) is 19.9. The predicted octanol–water partition coefficient (Wildman–Crippen LogP) is 6.62. The van der Waals surface area contributed by atoms with E-state index in [0.29, 0.717) is 23.8 Å². The number of hydrogen-bond donors (Lipinski definition) is 0. The normalized spacial score (nSPS) is 14.4. The SMILES string of the molecule is COC(=O)c1ccc(CN(CCC2CCCCC2)S(=O)(=O)c2ccc(OC)cc2)cc1-c1ccccc1C.